The van der Waals surface area contributed by atoms with Crippen LogP contribution in [-0.4, -0.2) is 6.26 Å². The first kappa shape index (κ1) is 7.68. The molecule has 3 heteroatoms. The van der Waals surface area contributed by atoms with Gasteiger partial charge in [0.05, 0.1) is 0 Å². The lowest BCUT2D eigenvalue weighted by molar-refractivity contribution is -0.650. The fourth-order valence-electron chi connectivity index (χ4n) is 1.19. The van der Waals surface area contributed by atoms with Gasteiger partial charge in [-0.3, -0.25) is 0 Å². The van der Waals surface area contributed by atoms with E-state index < -0.39 is 0 Å². The third kappa shape index (κ3) is 1.10. The summed E-state index contributed by atoms with van der Waals surface area (Å²) in [6.07, 6.45) is 3.79. The summed E-state index contributed by atoms with van der Waals surface area (Å²) < 4.78 is 7.28. The van der Waals surface area contributed by atoms with E-state index in [0.29, 0.717) is 0 Å². The molecule has 1 heterocycles. The first-order valence-electron chi connectivity index (χ1n) is 3.72. The summed E-state index contributed by atoms with van der Waals surface area (Å²) in [6.45, 7) is 0. The molecule has 0 amide bonds. The number of aromatic nitrogens is 1. The molecule has 0 aliphatic carbocycles. The summed E-state index contributed by atoms with van der Waals surface area (Å²) in [7, 11) is 1.98. The molecule has 0 fully saturated rings. The SMILES string of the molecule is CSc1ccc2oc[n+](C)c2c1. The second kappa shape index (κ2) is 2.83. The molecule has 0 bridgehead atoms. The number of oxazole rings is 1. The van der Waals surface area contributed by atoms with E-state index in [4.69, 9.17) is 4.42 Å². The molecule has 0 N–H and O–H groups in total. The van der Waals surface area contributed by atoms with Gasteiger partial charge in [0.15, 0.2) is 0 Å². The largest absolute Gasteiger partial charge is 0.404 e. The molecule has 12 heavy (non-hydrogen) atoms. The molecule has 2 rings (SSSR count). The van der Waals surface area contributed by atoms with Gasteiger partial charge in [0.1, 0.15) is 7.05 Å². The molecule has 1 aromatic heterocycles. The van der Waals surface area contributed by atoms with Crippen molar-refractivity contribution < 1.29 is 8.98 Å². The Balaban J connectivity index is 2.71. The van der Waals surface area contributed by atoms with E-state index in [0.717, 1.165) is 11.1 Å². The van der Waals surface area contributed by atoms with E-state index in [1.807, 2.05) is 17.7 Å². The van der Waals surface area contributed by atoms with Crippen LogP contribution in [0.3, 0.4) is 0 Å². The minimum absolute atomic E-state index is 0.940. The molecule has 1 aromatic carbocycles. The maximum absolute atomic E-state index is 5.30. The number of aryl methyl sites for hydroxylation is 1. The molecule has 2 aromatic rings. The summed E-state index contributed by atoms with van der Waals surface area (Å²) in [5.41, 5.74) is 2.08. The lowest BCUT2D eigenvalue weighted by Gasteiger charge is -1.91. The zero-order valence-corrected chi connectivity index (χ0v) is 7.89. The quantitative estimate of drug-likeness (QED) is 0.493. The molecule has 62 valence electrons. The van der Waals surface area contributed by atoms with Gasteiger partial charge in [-0.2, -0.15) is 4.57 Å². The Morgan fingerprint density at radius 3 is 3.00 bits per heavy atom. The van der Waals surface area contributed by atoms with Crippen LogP contribution in [0.1, 0.15) is 0 Å². The predicted molar refractivity (Wildman–Crippen MR) is 49.2 cm³/mol. The van der Waals surface area contributed by atoms with Crippen LogP contribution in [0, 0.1) is 0 Å². The van der Waals surface area contributed by atoms with Gasteiger partial charge >= 0.3 is 6.39 Å². The molecular weight excluding hydrogens is 170 g/mol. The second-order valence-corrected chi connectivity index (χ2v) is 3.55. The van der Waals surface area contributed by atoms with Crippen molar-refractivity contribution in [3.8, 4) is 0 Å². The maximum atomic E-state index is 5.30. The fraction of sp³-hybridized carbons (Fsp3) is 0.222. The second-order valence-electron chi connectivity index (χ2n) is 2.67. The Hall–Kier alpha value is -0.960. The number of fused-ring (bicyclic) bond motifs is 1. The number of hydrogen-bond acceptors (Lipinski definition) is 2. The van der Waals surface area contributed by atoms with E-state index in [1.54, 1.807) is 18.2 Å². The van der Waals surface area contributed by atoms with Crippen molar-refractivity contribution in [2.24, 2.45) is 7.05 Å². The number of benzene rings is 1. The van der Waals surface area contributed by atoms with E-state index in [2.05, 4.69) is 18.4 Å². The lowest BCUT2D eigenvalue weighted by Crippen LogP contribution is -2.24. The van der Waals surface area contributed by atoms with Crippen molar-refractivity contribution in [1.29, 1.82) is 0 Å². The summed E-state index contributed by atoms with van der Waals surface area (Å²) in [4.78, 5) is 1.26. The van der Waals surface area contributed by atoms with E-state index in [9.17, 15) is 0 Å². The van der Waals surface area contributed by atoms with Gasteiger partial charge in [0.25, 0.3) is 5.52 Å². The van der Waals surface area contributed by atoms with Crippen molar-refractivity contribution in [3.63, 3.8) is 0 Å². The Bertz CT molecular complexity index is 408. The highest BCUT2D eigenvalue weighted by Gasteiger charge is 2.08. The molecule has 0 saturated heterocycles. The van der Waals surface area contributed by atoms with Gasteiger partial charge in [-0.05, 0) is 18.4 Å². The highest BCUT2D eigenvalue weighted by Crippen LogP contribution is 2.19. The van der Waals surface area contributed by atoms with Crippen LogP contribution in [0.5, 0.6) is 0 Å². The number of hydrogen-bond donors (Lipinski definition) is 0. The molecule has 0 atom stereocenters. The molecule has 0 radical (unpaired) electrons. The highest BCUT2D eigenvalue weighted by atomic mass is 32.2. The van der Waals surface area contributed by atoms with Gasteiger partial charge < -0.3 is 4.42 Å². The maximum Gasteiger partial charge on any atom is 0.335 e. The lowest BCUT2D eigenvalue weighted by atomic mass is 10.3. The molecule has 0 aliphatic rings. The summed E-state index contributed by atoms with van der Waals surface area (Å²) in [5.74, 6) is 0. The average Bonchev–Trinajstić information content (AvgIpc) is 2.47. The first-order chi connectivity index (χ1) is 5.81. The molecule has 0 spiro atoms. The van der Waals surface area contributed by atoms with Gasteiger partial charge in [-0.1, -0.05) is 0 Å². The summed E-state index contributed by atoms with van der Waals surface area (Å²) in [5, 5.41) is 0. The number of rotatable bonds is 1. The Labute approximate surface area is 75.2 Å². The monoisotopic (exact) mass is 180 g/mol. The van der Waals surface area contributed by atoms with Crippen molar-refractivity contribution in [2.45, 2.75) is 4.90 Å². The highest BCUT2D eigenvalue weighted by molar-refractivity contribution is 7.98. The van der Waals surface area contributed by atoms with Crippen LogP contribution in [-0.2, 0) is 7.05 Å². The van der Waals surface area contributed by atoms with E-state index >= 15 is 0 Å². The molecule has 0 unspecified atom stereocenters. The smallest absolute Gasteiger partial charge is 0.335 e. The van der Waals surface area contributed by atoms with Crippen LogP contribution in [0.2, 0.25) is 0 Å². The minimum Gasteiger partial charge on any atom is -0.404 e. The Morgan fingerprint density at radius 1 is 1.42 bits per heavy atom. The molecule has 0 aliphatic heterocycles. The van der Waals surface area contributed by atoms with Crippen molar-refractivity contribution in [3.05, 3.63) is 24.6 Å². The van der Waals surface area contributed by atoms with E-state index in [-0.39, 0.29) is 0 Å². The summed E-state index contributed by atoms with van der Waals surface area (Å²) >= 11 is 1.74. The number of nitrogens with zero attached hydrogens (tertiary/aromatic N) is 1. The van der Waals surface area contributed by atoms with Crippen LogP contribution >= 0.6 is 11.8 Å². The third-order valence-electron chi connectivity index (χ3n) is 1.88. The standard InChI is InChI=1S/C9H10NOS/c1-10-6-11-9-4-3-7(12-2)5-8(9)10/h3-6H,1-2H3/q+1. The van der Waals surface area contributed by atoms with Gasteiger partial charge in [0.2, 0.25) is 5.58 Å². The number of thioether (sulfide) groups is 1. The topological polar surface area (TPSA) is 17.0 Å². The Morgan fingerprint density at radius 2 is 2.25 bits per heavy atom. The minimum atomic E-state index is 0.940. The van der Waals surface area contributed by atoms with Crippen LogP contribution < -0.4 is 4.57 Å². The van der Waals surface area contributed by atoms with Gasteiger partial charge in [-0.15, -0.1) is 11.8 Å². The van der Waals surface area contributed by atoms with Crippen molar-refractivity contribution >= 4 is 22.9 Å². The third-order valence-corrected chi connectivity index (χ3v) is 2.61. The van der Waals surface area contributed by atoms with Crippen LogP contribution in [0.4, 0.5) is 0 Å². The van der Waals surface area contributed by atoms with Crippen molar-refractivity contribution in [1.82, 2.24) is 0 Å². The Kier molecular flexibility index (Phi) is 1.81. The predicted octanol–water partition coefficient (Wildman–Crippen LogP) is 1.98. The molecular formula is C9H10NOS+. The van der Waals surface area contributed by atoms with Crippen LogP contribution in [0.15, 0.2) is 33.9 Å². The fourth-order valence-corrected chi connectivity index (χ4v) is 1.63. The first-order valence-corrected chi connectivity index (χ1v) is 4.94. The van der Waals surface area contributed by atoms with Gasteiger partial charge in [0, 0.05) is 11.0 Å². The van der Waals surface area contributed by atoms with Crippen molar-refractivity contribution in [2.75, 3.05) is 6.26 Å². The normalized spacial score (nSPS) is 10.8. The zero-order chi connectivity index (χ0) is 8.55. The zero-order valence-electron chi connectivity index (χ0n) is 7.07. The molecule has 2 nitrogen and oxygen atoms in total. The summed E-state index contributed by atoms with van der Waals surface area (Å²) in [6, 6.07) is 6.20. The van der Waals surface area contributed by atoms with Crippen LogP contribution in [0.25, 0.3) is 11.1 Å². The van der Waals surface area contributed by atoms with Gasteiger partial charge in [-0.25, -0.2) is 0 Å². The average molecular weight is 180 g/mol. The van der Waals surface area contributed by atoms with E-state index in [1.165, 1.54) is 4.90 Å². The molecule has 0 saturated carbocycles.